The van der Waals surface area contributed by atoms with Crippen molar-refractivity contribution >= 4 is 23.1 Å². The fraction of sp³-hybridized carbons (Fsp3) is 0.333. The van der Waals surface area contributed by atoms with Crippen molar-refractivity contribution in [1.82, 2.24) is 9.97 Å². The Morgan fingerprint density at radius 3 is 2.38 bits per heavy atom. The molecule has 0 fully saturated rings. The number of alkyl halides is 3. The highest BCUT2D eigenvalue weighted by Gasteiger charge is 2.35. The zero-order chi connectivity index (χ0) is 23.0. The lowest BCUT2D eigenvalue weighted by Crippen LogP contribution is -2.13. The SMILES string of the molecule is CCCCCc1ccccc1Nc1nc(Nc2ccc(OCC)cc2)ncc1C(F)(F)F. The van der Waals surface area contributed by atoms with Gasteiger partial charge in [0.15, 0.2) is 0 Å². The summed E-state index contributed by atoms with van der Waals surface area (Å²) in [5.41, 5.74) is 1.28. The number of halogens is 3. The first-order valence-corrected chi connectivity index (χ1v) is 10.7. The summed E-state index contributed by atoms with van der Waals surface area (Å²) in [6, 6.07) is 14.4. The number of para-hydroxylation sites is 1. The highest BCUT2D eigenvalue weighted by molar-refractivity contribution is 5.65. The van der Waals surface area contributed by atoms with Crippen LogP contribution in [0.3, 0.4) is 0 Å². The summed E-state index contributed by atoms with van der Waals surface area (Å²) < 4.78 is 46.3. The van der Waals surface area contributed by atoms with E-state index < -0.39 is 11.7 Å². The standard InChI is InChI=1S/C24H27F3N4O/c1-3-5-6-9-17-10-7-8-11-21(17)30-22-20(24(25,26)27)16-28-23(31-22)29-18-12-14-19(15-13-18)32-4-2/h7-8,10-16H,3-6,9H2,1-2H3,(H2,28,29,30,31). The van der Waals surface area contributed by atoms with Crippen LogP contribution in [0.2, 0.25) is 0 Å². The average Bonchev–Trinajstić information content (AvgIpc) is 2.76. The topological polar surface area (TPSA) is 59.1 Å². The van der Waals surface area contributed by atoms with Crippen molar-refractivity contribution < 1.29 is 17.9 Å². The molecule has 0 amide bonds. The van der Waals surface area contributed by atoms with Crippen LogP contribution >= 0.6 is 0 Å². The van der Waals surface area contributed by atoms with Gasteiger partial charge >= 0.3 is 6.18 Å². The third-order valence-electron chi connectivity index (χ3n) is 4.84. The number of unbranched alkanes of at least 4 members (excludes halogenated alkanes) is 2. The van der Waals surface area contributed by atoms with E-state index in [0.717, 1.165) is 37.4 Å². The minimum absolute atomic E-state index is 0.0631. The molecule has 0 aliphatic carbocycles. The van der Waals surface area contributed by atoms with Crippen LogP contribution < -0.4 is 15.4 Å². The molecular weight excluding hydrogens is 417 g/mol. The van der Waals surface area contributed by atoms with Crippen molar-refractivity contribution in [2.45, 2.75) is 45.7 Å². The molecule has 0 radical (unpaired) electrons. The van der Waals surface area contributed by atoms with Crippen LogP contribution in [0.25, 0.3) is 0 Å². The molecule has 0 atom stereocenters. The van der Waals surface area contributed by atoms with Gasteiger partial charge in [0, 0.05) is 17.6 Å². The Kier molecular flexibility index (Phi) is 7.92. The number of nitrogens with zero attached hydrogens (tertiary/aromatic N) is 2. The van der Waals surface area contributed by atoms with Crippen LogP contribution in [-0.4, -0.2) is 16.6 Å². The van der Waals surface area contributed by atoms with Crippen molar-refractivity contribution in [2.75, 3.05) is 17.2 Å². The van der Waals surface area contributed by atoms with Crippen LogP contribution in [0.1, 0.15) is 44.2 Å². The van der Waals surface area contributed by atoms with Gasteiger partial charge in [-0.25, -0.2) is 4.98 Å². The van der Waals surface area contributed by atoms with Crippen molar-refractivity contribution in [3.05, 3.63) is 65.9 Å². The summed E-state index contributed by atoms with van der Waals surface area (Å²) in [5.74, 6) is 0.477. The number of ether oxygens (including phenoxy) is 1. The largest absolute Gasteiger partial charge is 0.494 e. The van der Waals surface area contributed by atoms with Gasteiger partial charge in [-0.05, 0) is 55.7 Å². The monoisotopic (exact) mass is 444 g/mol. The van der Waals surface area contributed by atoms with Gasteiger partial charge < -0.3 is 15.4 Å². The Labute approximate surface area is 186 Å². The number of aryl methyl sites for hydroxylation is 1. The first-order valence-electron chi connectivity index (χ1n) is 10.7. The molecule has 5 nitrogen and oxygen atoms in total. The summed E-state index contributed by atoms with van der Waals surface area (Å²) in [7, 11) is 0. The molecule has 0 unspecified atom stereocenters. The number of benzene rings is 2. The maximum Gasteiger partial charge on any atom is 0.421 e. The number of aromatic nitrogens is 2. The van der Waals surface area contributed by atoms with Crippen molar-refractivity contribution in [3.8, 4) is 5.75 Å². The molecule has 32 heavy (non-hydrogen) atoms. The second kappa shape index (κ2) is 10.8. The molecule has 8 heteroatoms. The first-order chi connectivity index (χ1) is 15.4. The van der Waals surface area contributed by atoms with Gasteiger partial charge in [0.25, 0.3) is 0 Å². The molecule has 1 heterocycles. The molecule has 3 aromatic rings. The van der Waals surface area contributed by atoms with Gasteiger partial charge in [-0.3, -0.25) is 0 Å². The third-order valence-corrected chi connectivity index (χ3v) is 4.84. The molecule has 0 bridgehead atoms. The van der Waals surface area contributed by atoms with E-state index in [4.69, 9.17) is 4.74 Å². The highest BCUT2D eigenvalue weighted by Crippen LogP contribution is 2.36. The second-order valence-electron chi connectivity index (χ2n) is 7.28. The van der Waals surface area contributed by atoms with Gasteiger partial charge in [-0.1, -0.05) is 38.0 Å². The maximum atomic E-state index is 13.6. The lowest BCUT2D eigenvalue weighted by molar-refractivity contribution is -0.137. The molecular formula is C24H27F3N4O. The van der Waals surface area contributed by atoms with E-state index in [0.29, 0.717) is 23.7 Å². The molecule has 0 saturated heterocycles. The Morgan fingerprint density at radius 2 is 1.69 bits per heavy atom. The van der Waals surface area contributed by atoms with E-state index in [-0.39, 0.29) is 11.8 Å². The Bertz CT molecular complexity index is 1010. The van der Waals surface area contributed by atoms with Gasteiger partial charge in [0.05, 0.1) is 6.61 Å². The Morgan fingerprint density at radius 1 is 0.938 bits per heavy atom. The van der Waals surface area contributed by atoms with Crippen LogP contribution in [-0.2, 0) is 12.6 Å². The number of hydrogen-bond donors (Lipinski definition) is 2. The van der Waals surface area contributed by atoms with Crippen LogP contribution in [0, 0.1) is 0 Å². The molecule has 0 spiro atoms. The third kappa shape index (κ3) is 6.35. The van der Waals surface area contributed by atoms with Gasteiger partial charge in [0.2, 0.25) is 5.95 Å². The summed E-state index contributed by atoms with van der Waals surface area (Å²) >= 11 is 0. The minimum atomic E-state index is -4.59. The predicted octanol–water partition coefficient (Wildman–Crippen LogP) is 7.11. The fourth-order valence-corrected chi connectivity index (χ4v) is 3.23. The molecule has 3 rings (SSSR count). The van der Waals surface area contributed by atoms with E-state index in [2.05, 4.69) is 27.5 Å². The van der Waals surface area contributed by atoms with Crippen molar-refractivity contribution in [1.29, 1.82) is 0 Å². The molecule has 0 aliphatic rings. The fourth-order valence-electron chi connectivity index (χ4n) is 3.23. The van der Waals surface area contributed by atoms with Crippen LogP contribution in [0.4, 0.5) is 36.3 Å². The smallest absolute Gasteiger partial charge is 0.421 e. The van der Waals surface area contributed by atoms with Crippen LogP contribution in [0.15, 0.2) is 54.7 Å². The minimum Gasteiger partial charge on any atom is -0.494 e. The molecule has 1 aromatic heterocycles. The Balaban J connectivity index is 1.87. The summed E-state index contributed by atoms with van der Waals surface area (Å²) in [6.07, 6.45) is 0.0889. The molecule has 0 aliphatic heterocycles. The Hall–Kier alpha value is -3.29. The summed E-state index contributed by atoms with van der Waals surface area (Å²) in [6.45, 7) is 4.54. The van der Waals surface area contributed by atoms with E-state index in [1.54, 1.807) is 36.4 Å². The molecule has 0 saturated carbocycles. The average molecular weight is 445 g/mol. The number of hydrogen-bond acceptors (Lipinski definition) is 5. The van der Waals surface area contributed by atoms with E-state index >= 15 is 0 Å². The summed E-state index contributed by atoms with van der Waals surface area (Å²) in [4.78, 5) is 8.01. The van der Waals surface area contributed by atoms with Gasteiger partial charge in [-0.15, -0.1) is 0 Å². The quantitative estimate of drug-likeness (QED) is 0.326. The van der Waals surface area contributed by atoms with Crippen molar-refractivity contribution in [3.63, 3.8) is 0 Å². The summed E-state index contributed by atoms with van der Waals surface area (Å²) in [5, 5.41) is 5.84. The normalized spacial score (nSPS) is 11.3. The van der Waals surface area contributed by atoms with E-state index in [9.17, 15) is 13.2 Å². The maximum absolute atomic E-state index is 13.6. The number of nitrogens with one attached hydrogen (secondary N) is 2. The zero-order valence-corrected chi connectivity index (χ0v) is 18.2. The van der Waals surface area contributed by atoms with Gasteiger partial charge in [0.1, 0.15) is 17.1 Å². The second-order valence-corrected chi connectivity index (χ2v) is 7.28. The highest BCUT2D eigenvalue weighted by atomic mass is 19.4. The number of anilines is 4. The zero-order valence-electron chi connectivity index (χ0n) is 18.2. The molecule has 170 valence electrons. The van der Waals surface area contributed by atoms with Crippen LogP contribution in [0.5, 0.6) is 5.75 Å². The molecule has 2 N–H and O–H groups in total. The van der Waals surface area contributed by atoms with Gasteiger partial charge in [-0.2, -0.15) is 18.2 Å². The van der Waals surface area contributed by atoms with E-state index in [1.807, 2.05) is 19.1 Å². The first kappa shape index (κ1) is 23.4. The lowest BCUT2D eigenvalue weighted by atomic mass is 10.1. The lowest BCUT2D eigenvalue weighted by Gasteiger charge is -2.17. The van der Waals surface area contributed by atoms with E-state index in [1.165, 1.54) is 0 Å². The predicted molar refractivity (Wildman–Crippen MR) is 121 cm³/mol. The molecule has 2 aromatic carbocycles. The number of rotatable bonds is 10. The van der Waals surface area contributed by atoms with Crippen molar-refractivity contribution in [2.24, 2.45) is 0 Å².